The summed E-state index contributed by atoms with van der Waals surface area (Å²) in [5.74, 6) is -0.243. The molecule has 1 rings (SSSR count). The van der Waals surface area contributed by atoms with Crippen LogP contribution in [0.4, 0.5) is 5.69 Å². The van der Waals surface area contributed by atoms with Gasteiger partial charge in [-0.3, -0.25) is 4.79 Å². The Bertz CT molecular complexity index is 594. The number of rotatable bonds is 6. The highest BCUT2D eigenvalue weighted by Crippen LogP contribution is 2.30. The lowest BCUT2D eigenvalue weighted by atomic mass is 10.2. The summed E-state index contributed by atoms with van der Waals surface area (Å²) in [6, 6.07) is 4.87. The average Bonchev–Trinajstić information content (AvgIpc) is 2.46. The van der Waals surface area contributed by atoms with Crippen LogP contribution in [-0.4, -0.2) is 21.0 Å². The number of nitrogens with one attached hydrogen (secondary N) is 3. The van der Waals surface area contributed by atoms with E-state index in [2.05, 4.69) is 16.0 Å². The van der Waals surface area contributed by atoms with Crippen molar-refractivity contribution < 1.29 is 4.79 Å². The van der Waals surface area contributed by atoms with Crippen LogP contribution in [0.2, 0.25) is 10.0 Å². The van der Waals surface area contributed by atoms with E-state index < -0.39 is 9.96 Å². The predicted octanol–water partition coefficient (Wildman–Crippen LogP) is 5.28. The fourth-order valence-electron chi connectivity index (χ4n) is 1.65. The van der Waals surface area contributed by atoms with E-state index >= 15 is 0 Å². The highest BCUT2D eigenvalue weighted by Gasteiger charge is 2.34. The molecular formula is C14H16Cl5N3OS. The Morgan fingerprint density at radius 3 is 2.46 bits per heavy atom. The largest absolute Gasteiger partial charge is 0.339 e. The average molecular weight is 452 g/mol. The zero-order valence-electron chi connectivity index (χ0n) is 12.6. The van der Waals surface area contributed by atoms with Gasteiger partial charge in [0.05, 0.1) is 10.7 Å². The number of alkyl halides is 3. The molecule has 134 valence electrons. The summed E-state index contributed by atoms with van der Waals surface area (Å²) in [7, 11) is 0. The van der Waals surface area contributed by atoms with Gasteiger partial charge in [-0.25, -0.2) is 0 Å². The lowest BCUT2D eigenvalue weighted by Crippen LogP contribution is -2.56. The first kappa shape index (κ1) is 21.9. The molecule has 0 aliphatic carbocycles. The Morgan fingerprint density at radius 2 is 1.92 bits per heavy atom. The zero-order valence-corrected chi connectivity index (χ0v) is 17.2. The fraction of sp³-hybridized carbons (Fsp3) is 0.429. The van der Waals surface area contributed by atoms with Crippen molar-refractivity contribution in [1.82, 2.24) is 10.6 Å². The summed E-state index contributed by atoms with van der Waals surface area (Å²) in [4.78, 5) is 11.9. The number of thiocarbonyl (C=S) groups is 1. The SMILES string of the molecule is CCCCC(=O)N[C@@H](NC(=S)Nc1ccc(Cl)cc1Cl)C(Cl)(Cl)Cl. The summed E-state index contributed by atoms with van der Waals surface area (Å²) in [5.41, 5.74) is 0.527. The minimum Gasteiger partial charge on any atom is -0.339 e. The molecule has 0 aliphatic heterocycles. The molecule has 0 fully saturated rings. The van der Waals surface area contributed by atoms with E-state index in [-0.39, 0.29) is 11.0 Å². The third-order valence-electron chi connectivity index (χ3n) is 2.84. The molecule has 0 unspecified atom stereocenters. The summed E-state index contributed by atoms with van der Waals surface area (Å²) in [6.07, 6.45) is 0.951. The van der Waals surface area contributed by atoms with E-state index in [1.54, 1.807) is 18.2 Å². The standard InChI is InChI=1S/C14H16Cl5N3OS/c1-2-3-4-11(23)21-12(14(17,18)19)22-13(24)20-10-6-5-8(15)7-9(10)16/h5-7,12H,2-4H2,1H3,(H,21,23)(H2,20,22,24)/t12-/m0/s1. The summed E-state index contributed by atoms with van der Waals surface area (Å²) in [6.45, 7) is 1.98. The second-order valence-electron chi connectivity index (χ2n) is 4.87. The third-order valence-corrected chi connectivity index (χ3v) is 4.27. The van der Waals surface area contributed by atoms with Crippen LogP contribution in [-0.2, 0) is 4.79 Å². The molecule has 10 heteroatoms. The molecule has 0 spiro atoms. The number of hydrogen-bond acceptors (Lipinski definition) is 2. The second-order valence-corrected chi connectivity index (χ2v) is 8.49. The van der Waals surface area contributed by atoms with Crippen molar-refractivity contribution in [2.45, 2.75) is 36.1 Å². The Kier molecular flexibility index (Phi) is 9.20. The van der Waals surface area contributed by atoms with Crippen LogP contribution < -0.4 is 16.0 Å². The van der Waals surface area contributed by atoms with Crippen LogP contribution in [0, 0.1) is 0 Å². The normalized spacial score (nSPS) is 12.4. The maximum absolute atomic E-state index is 11.9. The van der Waals surface area contributed by atoms with E-state index in [9.17, 15) is 4.79 Å². The molecule has 0 saturated heterocycles. The van der Waals surface area contributed by atoms with Crippen molar-refractivity contribution in [1.29, 1.82) is 0 Å². The van der Waals surface area contributed by atoms with Crippen LogP contribution in [0.15, 0.2) is 18.2 Å². The monoisotopic (exact) mass is 449 g/mol. The summed E-state index contributed by atoms with van der Waals surface area (Å²) < 4.78 is -1.79. The zero-order chi connectivity index (χ0) is 18.3. The van der Waals surface area contributed by atoms with Gasteiger partial charge in [0.25, 0.3) is 0 Å². The Morgan fingerprint density at radius 1 is 1.25 bits per heavy atom. The van der Waals surface area contributed by atoms with E-state index in [4.69, 9.17) is 70.2 Å². The molecule has 1 atom stereocenters. The van der Waals surface area contributed by atoms with Crippen molar-refractivity contribution in [3.05, 3.63) is 28.2 Å². The number of anilines is 1. The van der Waals surface area contributed by atoms with Gasteiger partial charge in [0.15, 0.2) is 5.11 Å². The Balaban J connectivity index is 2.72. The lowest BCUT2D eigenvalue weighted by Gasteiger charge is -2.28. The van der Waals surface area contributed by atoms with Gasteiger partial charge in [-0.05, 0) is 36.8 Å². The first-order valence-electron chi connectivity index (χ1n) is 7.02. The highest BCUT2D eigenvalue weighted by molar-refractivity contribution is 7.80. The van der Waals surface area contributed by atoms with E-state index in [0.717, 1.165) is 12.8 Å². The molecule has 24 heavy (non-hydrogen) atoms. The second kappa shape index (κ2) is 10.1. The third kappa shape index (κ3) is 7.81. The van der Waals surface area contributed by atoms with Gasteiger partial charge < -0.3 is 16.0 Å². The summed E-state index contributed by atoms with van der Waals surface area (Å²) in [5, 5.41) is 9.22. The molecule has 0 saturated carbocycles. The number of amides is 1. The topological polar surface area (TPSA) is 53.2 Å². The van der Waals surface area contributed by atoms with Gasteiger partial charge in [-0.15, -0.1) is 0 Å². The Labute approximate surface area is 171 Å². The lowest BCUT2D eigenvalue weighted by molar-refractivity contribution is -0.122. The van der Waals surface area contributed by atoms with Crippen molar-refractivity contribution in [3.8, 4) is 0 Å². The van der Waals surface area contributed by atoms with E-state index in [0.29, 0.717) is 22.2 Å². The fourth-order valence-corrected chi connectivity index (χ4v) is 2.66. The molecule has 0 aliphatic rings. The molecule has 0 bridgehead atoms. The quantitative estimate of drug-likeness (QED) is 0.313. The maximum Gasteiger partial charge on any atom is 0.228 e. The number of carbonyl (C=O) groups excluding carboxylic acids is 1. The van der Waals surface area contributed by atoms with Crippen LogP contribution in [0.25, 0.3) is 0 Å². The first-order chi connectivity index (χ1) is 11.1. The smallest absolute Gasteiger partial charge is 0.228 e. The molecular weight excluding hydrogens is 436 g/mol. The maximum atomic E-state index is 11.9. The molecule has 1 aromatic carbocycles. The van der Waals surface area contributed by atoms with E-state index in [1.165, 1.54) is 0 Å². The van der Waals surface area contributed by atoms with Crippen molar-refractivity contribution >= 4 is 86.9 Å². The molecule has 0 aromatic heterocycles. The summed E-state index contributed by atoms with van der Waals surface area (Å²) >= 11 is 34.8. The molecule has 3 N–H and O–H groups in total. The minimum absolute atomic E-state index is 0.131. The van der Waals surface area contributed by atoms with Crippen molar-refractivity contribution in [3.63, 3.8) is 0 Å². The van der Waals surface area contributed by atoms with Crippen molar-refractivity contribution in [2.75, 3.05) is 5.32 Å². The highest BCUT2D eigenvalue weighted by atomic mass is 35.6. The number of carbonyl (C=O) groups is 1. The molecule has 4 nitrogen and oxygen atoms in total. The van der Waals surface area contributed by atoms with Crippen molar-refractivity contribution in [2.24, 2.45) is 0 Å². The number of halogens is 5. The number of hydrogen-bond donors (Lipinski definition) is 3. The molecule has 0 heterocycles. The van der Waals surface area contributed by atoms with Gasteiger partial charge >= 0.3 is 0 Å². The Hall–Kier alpha value is -0.170. The molecule has 0 radical (unpaired) electrons. The van der Waals surface area contributed by atoms with Gasteiger partial charge in [0, 0.05) is 11.4 Å². The number of unbranched alkanes of at least 4 members (excludes halogenated alkanes) is 1. The van der Waals surface area contributed by atoms with Gasteiger partial charge in [-0.1, -0.05) is 71.3 Å². The molecule has 1 aromatic rings. The van der Waals surface area contributed by atoms with Crippen LogP contribution in [0.5, 0.6) is 0 Å². The van der Waals surface area contributed by atoms with Crippen LogP contribution in [0.1, 0.15) is 26.2 Å². The van der Waals surface area contributed by atoms with Gasteiger partial charge in [0.1, 0.15) is 6.17 Å². The number of benzene rings is 1. The molecule has 1 amide bonds. The van der Waals surface area contributed by atoms with Crippen LogP contribution >= 0.6 is 70.2 Å². The van der Waals surface area contributed by atoms with Gasteiger partial charge in [0.2, 0.25) is 9.70 Å². The predicted molar refractivity (Wildman–Crippen MR) is 108 cm³/mol. The minimum atomic E-state index is -1.79. The first-order valence-corrected chi connectivity index (χ1v) is 9.32. The van der Waals surface area contributed by atoms with Crippen LogP contribution in [0.3, 0.4) is 0 Å². The van der Waals surface area contributed by atoms with E-state index in [1.807, 2.05) is 6.92 Å². The van der Waals surface area contributed by atoms with Gasteiger partial charge in [-0.2, -0.15) is 0 Å².